The number of likely N-dealkylation sites (tertiary alicyclic amines) is 1. The predicted molar refractivity (Wildman–Crippen MR) is 78.1 cm³/mol. The van der Waals surface area contributed by atoms with Crippen LogP contribution in [0.1, 0.15) is 37.8 Å². The fraction of sp³-hybridized carbons (Fsp3) is 0.600. The molecule has 0 radical (unpaired) electrons. The second-order valence-electron chi connectivity index (χ2n) is 5.10. The minimum atomic E-state index is 0.526. The van der Waals surface area contributed by atoms with Gasteiger partial charge in [-0.2, -0.15) is 0 Å². The van der Waals surface area contributed by atoms with E-state index < -0.39 is 0 Å². The molecule has 0 saturated carbocycles. The quantitative estimate of drug-likeness (QED) is 0.898. The van der Waals surface area contributed by atoms with Crippen LogP contribution < -0.4 is 5.32 Å². The maximum atomic E-state index is 5.97. The van der Waals surface area contributed by atoms with Gasteiger partial charge in [0.05, 0.1) is 0 Å². The molecule has 1 N–H and O–H groups in total. The summed E-state index contributed by atoms with van der Waals surface area (Å²) in [6, 6.07) is 9.50. The average molecular weight is 267 g/mol. The topological polar surface area (TPSA) is 15.3 Å². The fourth-order valence-electron chi connectivity index (χ4n) is 2.91. The Labute approximate surface area is 115 Å². The molecule has 0 spiro atoms. The molecule has 2 unspecified atom stereocenters. The summed E-state index contributed by atoms with van der Waals surface area (Å²) in [5.74, 6) is 0. The molecule has 1 aromatic carbocycles. The molecule has 1 aliphatic heterocycles. The van der Waals surface area contributed by atoms with Crippen molar-refractivity contribution in [2.24, 2.45) is 0 Å². The number of rotatable bonds is 4. The second-order valence-corrected chi connectivity index (χ2v) is 5.53. The highest BCUT2D eigenvalue weighted by atomic mass is 35.5. The van der Waals surface area contributed by atoms with Crippen LogP contribution in [0.15, 0.2) is 24.3 Å². The number of piperidine rings is 1. The highest BCUT2D eigenvalue weighted by molar-refractivity contribution is 6.30. The molecule has 1 heterocycles. The van der Waals surface area contributed by atoms with Gasteiger partial charge in [-0.25, -0.2) is 0 Å². The van der Waals surface area contributed by atoms with Gasteiger partial charge in [0.1, 0.15) is 0 Å². The van der Waals surface area contributed by atoms with Gasteiger partial charge in [-0.1, -0.05) is 30.7 Å². The first-order valence-electron chi connectivity index (χ1n) is 6.91. The van der Waals surface area contributed by atoms with Crippen LogP contribution >= 0.6 is 11.6 Å². The van der Waals surface area contributed by atoms with Gasteiger partial charge in [-0.3, -0.25) is 4.90 Å². The highest BCUT2D eigenvalue weighted by Gasteiger charge is 2.24. The molecule has 100 valence electrons. The van der Waals surface area contributed by atoms with Gasteiger partial charge in [0.2, 0.25) is 0 Å². The molecule has 0 bridgehead atoms. The first-order chi connectivity index (χ1) is 8.74. The molecule has 18 heavy (non-hydrogen) atoms. The Balaban J connectivity index is 2.10. The summed E-state index contributed by atoms with van der Waals surface area (Å²) in [6.45, 7) is 4.62. The number of hydrogen-bond acceptors (Lipinski definition) is 2. The van der Waals surface area contributed by atoms with E-state index in [1.54, 1.807) is 0 Å². The van der Waals surface area contributed by atoms with Crippen LogP contribution in [0, 0.1) is 0 Å². The number of hydrogen-bond donors (Lipinski definition) is 1. The molecule has 2 atom stereocenters. The summed E-state index contributed by atoms with van der Waals surface area (Å²) < 4.78 is 0. The zero-order valence-electron chi connectivity index (χ0n) is 11.3. The van der Waals surface area contributed by atoms with Gasteiger partial charge < -0.3 is 5.32 Å². The molecule has 0 aliphatic carbocycles. The van der Waals surface area contributed by atoms with E-state index in [-0.39, 0.29) is 0 Å². The summed E-state index contributed by atoms with van der Waals surface area (Å²) in [5, 5.41) is 4.23. The molecule has 0 aromatic heterocycles. The van der Waals surface area contributed by atoms with Crippen LogP contribution in [-0.2, 0) is 0 Å². The van der Waals surface area contributed by atoms with Crippen molar-refractivity contribution in [2.75, 3.05) is 20.1 Å². The van der Waals surface area contributed by atoms with Gasteiger partial charge in [-0.15, -0.1) is 0 Å². The maximum absolute atomic E-state index is 5.97. The first-order valence-corrected chi connectivity index (χ1v) is 7.29. The second kappa shape index (κ2) is 6.55. The molecule has 1 aromatic rings. The van der Waals surface area contributed by atoms with Gasteiger partial charge in [0.25, 0.3) is 0 Å². The normalized spacial score (nSPS) is 22.9. The maximum Gasteiger partial charge on any atom is 0.0406 e. The van der Waals surface area contributed by atoms with Crippen LogP contribution in [0.2, 0.25) is 5.02 Å². The SMILES string of the molecule is CCC(c1ccc(Cl)cc1)N1CCCC(NC)C1. The zero-order chi connectivity index (χ0) is 13.0. The van der Waals surface area contributed by atoms with Crippen LogP contribution in [0.5, 0.6) is 0 Å². The fourth-order valence-corrected chi connectivity index (χ4v) is 3.04. The molecule has 1 fully saturated rings. The van der Waals surface area contributed by atoms with Crippen molar-refractivity contribution >= 4 is 11.6 Å². The summed E-state index contributed by atoms with van der Waals surface area (Å²) in [4.78, 5) is 2.61. The number of nitrogens with one attached hydrogen (secondary N) is 1. The molecular formula is C15H23ClN2. The molecule has 1 aliphatic rings. The van der Waals surface area contributed by atoms with Crippen molar-refractivity contribution in [1.82, 2.24) is 10.2 Å². The first kappa shape index (κ1) is 13.9. The van der Waals surface area contributed by atoms with E-state index in [0.717, 1.165) is 18.0 Å². The third-order valence-electron chi connectivity index (χ3n) is 3.94. The Morgan fingerprint density at radius 3 is 2.72 bits per heavy atom. The van der Waals surface area contributed by atoms with Crippen molar-refractivity contribution in [3.05, 3.63) is 34.9 Å². The van der Waals surface area contributed by atoms with E-state index in [2.05, 4.69) is 36.3 Å². The zero-order valence-corrected chi connectivity index (χ0v) is 12.1. The standard InChI is InChI=1S/C15H23ClN2/c1-3-15(12-6-8-13(16)9-7-12)18-10-4-5-14(11-18)17-2/h6-9,14-15,17H,3-5,10-11H2,1-2H3. The number of likely N-dealkylation sites (N-methyl/N-ethyl adjacent to an activating group) is 1. The van der Waals surface area contributed by atoms with E-state index in [1.807, 2.05) is 12.1 Å². The number of nitrogens with zero attached hydrogens (tertiary/aromatic N) is 1. The van der Waals surface area contributed by atoms with Crippen LogP contribution in [0.3, 0.4) is 0 Å². The van der Waals surface area contributed by atoms with E-state index in [4.69, 9.17) is 11.6 Å². The third-order valence-corrected chi connectivity index (χ3v) is 4.20. The highest BCUT2D eigenvalue weighted by Crippen LogP contribution is 2.28. The van der Waals surface area contributed by atoms with Crippen molar-refractivity contribution in [3.8, 4) is 0 Å². The summed E-state index contributed by atoms with van der Waals surface area (Å²) in [5.41, 5.74) is 1.39. The third kappa shape index (κ3) is 3.25. The van der Waals surface area contributed by atoms with Crippen molar-refractivity contribution in [3.63, 3.8) is 0 Å². The van der Waals surface area contributed by atoms with E-state index in [1.165, 1.54) is 24.9 Å². The number of halogens is 1. The lowest BCUT2D eigenvalue weighted by Crippen LogP contribution is -2.45. The van der Waals surface area contributed by atoms with Gasteiger partial charge in [0.15, 0.2) is 0 Å². The summed E-state index contributed by atoms with van der Waals surface area (Å²) >= 11 is 5.97. The average Bonchev–Trinajstić information content (AvgIpc) is 2.42. The van der Waals surface area contributed by atoms with Gasteiger partial charge in [0, 0.05) is 23.7 Å². The van der Waals surface area contributed by atoms with Crippen molar-refractivity contribution < 1.29 is 0 Å². The minimum absolute atomic E-state index is 0.526. The summed E-state index contributed by atoms with van der Waals surface area (Å²) in [7, 11) is 2.07. The van der Waals surface area contributed by atoms with Crippen molar-refractivity contribution in [1.29, 1.82) is 0 Å². The lowest BCUT2D eigenvalue weighted by atomic mass is 9.98. The van der Waals surface area contributed by atoms with Crippen LogP contribution in [0.25, 0.3) is 0 Å². The Hall–Kier alpha value is -0.570. The van der Waals surface area contributed by atoms with E-state index >= 15 is 0 Å². The Kier molecular flexibility index (Phi) is 5.04. The Morgan fingerprint density at radius 1 is 1.39 bits per heavy atom. The Bertz CT molecular complexity index is 363. The molecule has 0 amide bonds. The molecule has 2 rings (SSSR count). The van der Waals surface area contributed by atoms with E-state index in [0.29, 0.717) is 12.1 Å². The molecular weight excluding hydrogens is 244 g/mol. The Morgan fingerprint density at radius 2 is 2.11 bits per heavy atom. The van der Waals surface area contributed by atoms with Crippen LogP contribution in [0.4, 0.5) is 0 Å². The molecule has 2 nitrogen and oxygen atoms in total. The van der Waals surface area contributed by atoms with Gasteiger partial charge >= 0.3 is 0 Å². The summed E-state index contributed by atoms with van der Waals surface area (Å²) in [6.07, 6.45) is 3.73. The van der Waals surface area contributed by atoms with Gasteiger partial charge in [-0.05, 0) is 50.6 Å². The smallest absolute Gasteiger partial charge is 0.0406 e. The lowest BCUT2D eigenvalue weighted by molar-refractivity contribution is 0.136. The largest absolute Gasteiger partial charge is 0.316 e. The minimum Gasteiger partial charge on any atom is -0.316 e. The van der Waals surface area contributed by atoms with E-state index in [9.17, 15) is 0 Å². The molecule has 3 heteroatoms. The van der Waals surface area contributed by atoms with Crippen molar-refractivity contribution in [2.45, 2.75) is 38.3 Å². The van der Waals surface area contributed by atoms with Crippen LogP contribution in [-0.4, -0.2) is 31.1 Å². The monoisotopic (exact) mass is 266 g/mol. The lowest BCUT2D eigenvalue weighted by Gasteiger charge is -2.38. The predicted octanol–water partition coefficient (Wildman–Crippen LogP) is 3.47. The number of benzene rings is 1. The molecule has 1 saturated heterocycles.